The Labute approximate surface area is 130 Å². The molecule has 0 aliphatic carbocycles. The van der Waals surface area contributed by atoms with Crippen LogP contribution in [0.25, 0.3) is 0 Å². The highest BCUT2D eigenvalue weighted by Gasteiger charge is 2.22. The molecule has 0 saturated carbocycles. The Hall–Kier alpha value is -1.03. The standard InChI is InChI=1S/C11H15ClN2O5S2/c1-8(5-6-20(2)17)13-21(18,19)9-3-4-10(12)11(7-9)14(15)16/h3-4,7-8,13H,5-6H2,1-2H3. The molecule has 0 aliphatic heterocycles. The average molecular weight is 355 g/mol. The molecule has 1 N–H and O–H groups in total. The number of hydrogen-bond donors (Lipinski definition) is 1. The predicted molar refractivity (Wildman–Crippen MR) is 81.4 cm³/mol. The van der Waals surface area contributed by atoms with E-state index in [0.29, 0.717) is 12.2 Å². The summed E-state index contributed by atoms with van der Waals surface area (Å²) in [4.78, 5) is 9.79. The molecule has 1 rings (SSSR count). The molecule has 0 aromatic heterocycles. The summed E-state index contributed by atoms with van der Waals surface area (Å²) >= 11 is 5.64. The van der Waals surface area contributed by atoms with E-state index in [0.717, 1.165) is 6.07 Å². The fourth-order valence-electron chi connectivity index (χ4n) is 1.53. The van der Waals surface area contributed by atoms with Crippen molar-refractivity contribution in [2.24, 2.45) is 0 Å². The van der Waals surface area contributed by atoms with Gasteiger partial charge >= 0.3 is 0 Å². The van der Waals surface area contributed by atoms with Gasteiger partial charge in [0.15, 0.2) is 0 Å². The maximum atomic E-state index is 12.1. The Balaban J connectivity index is 2.95. The summed E-state index contributed by atoms with van der Waals surface area (Å²) in [6.45, 7) is 1.63. The van der Waals surface area contributed by atoms with Crippen molar-refractivity contribution in [3.63, 3.8) is 0 Å². The first-order valence-electron chi connectivity index (χ1n) is 5.90. The Morgan fingerprint density at radius 1 is 1.48 bits per heavy atom. The highest BCUT2D eigenvalue weighted by Crippen LogP contribution is 2.27. The third-order valence-electron chi connectivity index (χ3n) is 2.62. The summed E-state index contributed by atoms with van der Waals surface area (Å²) in [5, 5.41) is 10.6. The monoisotopic (exact) mass is 354 g/mol. The number of benzene rings is 1. The number of nitro benzene ring substituents is 1. The van der Waals surface area contributed by atoms with Crippen LogP contribution >= 0.6 is 11.6 Å². The fraction of sp³-hybridized carbons (Fsp3) is 0.455. The SMILES string of the molecule is CC(CCS(C)=O)NS(=O)(=O)c1ccc(Cl)c([N+](=O)[O-])c1. The number of nitro groups is 1. The number of nitrogens with zero attached hydrogens (tertiary/aromatic N) is 1. The zero-order valence-corrected chi connectivity index (χ0v) is 13.8. The van der Waals surface area contributed by atoms with Crippen molar-refractivity contribution in [1.82, 2.24) is 4.72 Å². The minimum Gasteiger partial charge on any atom is -0.260 e. The van der Waals surface area contributed by atoms with Crippen LogP contribution in [0.2, 0.25) is 5.02 Å². The molecule has 21 heavy (non-hydrogen) atoms. The predicted octanol–water partition coefficient (Wildman–Crippen LogP) is 1.68. The summed E-state index contributed by atoms with van der Waals surface area (Å²) in [6, 6.07) is 2.84. The Morgan fingerprint density at radius 2 is 2.10 bits per heavy atom. The van der Waals surface area contributed by atoms with E-state index < -0.39 is 37.5 Å². The third-order valence-corrected chi connectivity index (χ3v) is 5.34. The van der Waals surface area contributed by atoms with E-state index in [2.05, 4.69) is 4.72 Å². The van der Waals surface area contributed by atoms with E-state index in [1.807, 2.05) is 0 Å². The molecule has 10 heteroatoms. The van der Waals surface area contributed by atoms with Crippen molar-refractivity contribution in [2.75, 3.05) is 12.0 Å². The van der Waals surface area contributed by atoms with Gasteiger partial charge in [-0.05, 0) is 25.5 Å². The number of sulfonamides is 1. The Bertz CT molecular complexity index is 663. The van der Waals surface area contributed by atoms with Crippen molar-refractivity contribution >= 4 is 38.1 Å². The summed E-state index contributed by atoms with van der Waals surface area (Å²) in [5.74, 6) is 0.366. The molecule has 1 aromatic rings. The molecule has 118 valence electrons. The third kappa shape index (κ3) is 5.34. The Kier molecular flexibility index (Phi) is 6.26. The van der Waals surface area contributed by atoms with Crippen molar-refractivity contribution in [1.29, 1.82) is 0 Å². The minimum atomic E-state index is -3.89. The van der Waals surface area contributed by atoms with Gasteiger partial charge in [0.1, 0.15) is 5.02 Å². The van der Waals surface area contributed by atoms with E-state index in [-0.39, 0.29) is 9.92 Å². The second kappa shape index (κ2) is 7.30. The van der Waals surface area contributed by atoms with Crippen molar-refractivity contribution < 1.29 is 17.6 Å². The highest BCUT2D eigenvalue weighted by atomic mass is 35.5. The minimum absolute atomic E-state index is 0.131. The molecular weight excluding hydrogens is 340 g/mol. The summed E-state index contributed by atoms with van der Waals surface area (Å²) in [5.41, 5.74) is -0.471. The van der Waals surface area contributed by atoms with Crippen LogP contribution in [-0.4, -0.2) is 35.6 Å². The van der Waals surface area contributed by atoms with Gasteiger partial charge in [-0.3, -0.25) is 14.3 Å². The first kappa shape index (κ1) is 18.0. The molecule has 2 atom stereocenters. The van der Waals surface area contributed by atoms with Crippen LogP contribution in [0.3, 0.4) is 0 Å². The van der Waals surface area contributed by atoms with Crippen LogP contribution in [0.5, 0.6) is 0 Å². The molecule has 0 amide bonds. The zero-order chi connectivity index (χ0) is 16.2. The fourth-order valence-corrected chi connectivity index (χ4v) is 3.70. The van der Waals surface area contributed by atoms with Crippen LogP contribution in [0, 0.1) is 10.1 Å². The molecular formula is C11H15ClN2O5S2. The van der Waals surface area contributed by atoms with E-state index in [9.17, 15) is 22.7 Å². The lowest BCUT2D eigenvalue weighted by molar-refractivity contribution is -0.384. The number of rotatable bonds is 7. The lowest BCUT2D eigenvalue weighted by Crippen LogP contribution is -2.33. The number of hydrogen-bond acceptors (Lipinski definition) is 5. The largest absolute Gasteiger partial charge is 0.289 e. The van der Waals surface area contributed by atoms with Gasteiger partial charge in [-0.15, -0.1) is 0 Å². The van der Waals surface area contributed by atoms with Gasteiger partial charge in [0, 0.05) is 34.9 Å². The molecule has 0 bridgehead atoms. The van der Waals surface area contributed by atoms with Crippen LogP contribution in [0.4, 0.5) is 5.69 Å². The van der Waals surface area contributed by atoms with Gasteiger partial charge in [-0.1, -0.05) is 11.6 Å². The molecule has 0 radical (unpaired) electrons. The molecule has 2 unspecified atom stereocenters. The van der Waals surface area contributed by atoms with Gasteiger partial charge in [0.2, 0.25) is 10.0 Å². The summed E-state index contributed by atoms with van der Waals surface area (Å²) < 4.78 is 37.6. The van der Waals surface area contributed by atoms with E-state index in [4.69, 9.17) is 11.6 Å². The Morgan fingerprint density at radius 3 is 2.62 bits per heavy atom. The molecule has 0 saturated heterocycles. The second-order valence-corrected chi connectivity index (χ2v) is 8.13. The smallest absolute Gasteiger partial charge is 0.260 e. The first-order valence-corrected chi connectivity index (χ1v) is 9.48. The maximum absolute atomic E-state index is 12.1. The lowest BCUT2D eigenvalue weighted by atomic mass is 10.3. The molecule has 7 nitrogen and oxygen atoms in total. The van der Waals surface area contributed by atoms with E-state index >= 15 is 0 Å². The maximum Gasteiger partial charge on any atom is 0.289 e. The van der Waals surface area contributed by atoms with Crippen molar-refractivity contribution in [3.05, 3.63) is 33.3 Å². The summed E-state index contributed by atoms with van der Waals surface area (Å²) in [7, 11) is -4.91. The average Bonchev–Trinajstić information content (AvgIpc) is 2.35. The van der Waals surface area contributed by atoms with Crippen molar-refractivity contribution in [2.45, 2.75) is 24.3 Å². The van der Waals surface area contributed by atoms with Gasteiger partial charge in [-0.25, -0.2) is 13.1 Å². The molecule has 1 aromatic carbocycles. The lowest BCUT2D eigenvalue weighted by Gasteiger charge is -2.13. The van der Waals surface area contributed by atoms with Crippen LogP contribution in [-0.2, 0) is 20.8 Å². The molecule has 0 heterocycles. The van der Waals surface area contributed by atoms with Gasteiger partial charge < -0.3 is 0 Å². The molecule has 0 fully saturated rings. The quantitative estimate of drug-likeness (QED) is 0.592. The van der Waals surface area contributed by atoms with Crippen LogP contribution in [0.15, 0.2) is 23.1 Å². The molecule has 0 aliphatic rings. The van der Waals surface area contributed by atoms with Crippen LogP contribution in [0.1, 0.15) is 13.3 Å². The first-order chi connectivity index (χ1) is 9.63. The van der Waals surface area contributed by atoms with E-state index in [1.165, 1.54) is 18.4 Å². The topological polar surface area (TPSA) is 106 Å². The number of nitrogens with one attached hydrogen (secondary N) is 1. The highest BCUT2D eigenvalue weighted by molar-refractivity contribution is 7.89. The normalized spacial score (nSPS) is 14.6. The second-order valence-electron chi connectivity index (χ2n) is 4.46. The molecule has 0 spiro atoms. The summed E-state index contributed by atoms with van der Waals surface area (Å²) in [6.07, 6.45) is 1.93. The van der Waals surface area contributed by atoms with Gasteiger partial charge in [-0.2, -0.15) is 0 Å². The van der Waals surface area contributed by atoms with Crippen molar-refractivity contribution in [3.8, 4) is 0 Å². The van der Waals surface area contributed by atoms with Crippen LogP contribution < -0.4 is 4.72 Å². The van der Waals surface area contributed by atoms with Gasteiger partial charge in [0.25, 0.3) is 5.69 Å². The van der Waals surface area contributed by atoms with E-state index in [1.54, 1.807) is 6.92 Å². The van der Waals surface area contributed by atoms with Gasteiger partial charge in [0.05, 0.1) is 9.82 Å². The zero-order valence-electron chi connectivity index (χ0n) is 11.4. The number of halogens is 1.